The highest BCUT2D eigenvalue weighted by atomic mass is 19.1. The fourth-order valence-electron chi connectivity index (χ4n) is 3.58. The van der Waals surface area contributed by atoms with Gasteiger partial charge in [0.2, 0.25) is 0 Å². The molecule has 1 atom stereocenters. The van der Waals surface area contributed by atoms with Crippen LogP contribution in [0.4, 0.5) is 8.78 Å². The molecule has 0 amide bonds. The summed E-state index contributed by atoms with van der Waals surface area (Å²) in [6.07, 6.45) is 0.752. The largest absolute Gasteiger partial charge is 0.307 e. The van der Waals surface area contributed by atoms with Crippen LogP contribution in [0.5, 0.6) is 0 Å². The Labute approximate surface area is 168 Å². The Morgan fingerprint density at radius 2 is 1.93 bits per heavy atom. The molecule has 29 heavy (non-hydrogen) atoms. The van der Waals surface area contributed by atoms with Crippen LogP contribution in [0.15, 0.2) is 64.4 Å². The SMILES string of the molecule is C=N/C(=C(/CN=O)N(N)[C@@H]1CCN(Cc2ccc(F)cc2)C1)c1ccccc1F. The predicted molar refractivity (Wildman–Crippen MR) is 110 cm³/mol. The van der Waals surface area contributed by atoms with E-state index in [1.54, 1.807) is 30.3 Å². The zero-order valence-corrected chi connectivity index (χ0v) is 16.0. The van der Waals surface area contributed by atoms with Crippen LogP contribution in [0, 0.1) is 16.5 Å². The van der Waals surface area contributed by atoms with Crippen molar-refractivity contribution in [2.75, 3.05) is 19.6 Å². The number of aliphatic imine (C=N–C) groups is 1. The van der Waals surface area contributed by atoms with Gasteiger partial charge in [0.05, 0.1) is 17.4 Å². The lowest BCUT2D eigenvalue weighted by Gasteiger charge is -2.29. The third-order valence-corrected chi connectivity index (χ3v) is 5.05. The maximum Gasteiger partial charge on any atom is 0.132 e. The first-order valence-corrected chi connectivity index (χ1v) is 9.28. The molecule has 0 radical (unpaired) electrons. The Balaban J connectivity index is 1.79. The van der Waals surface area contributed by atoms with E-state index in [-0.39, 0.29) is 29.7 Å². The highest BCUT2D eigenvalue weighted by Gasteiger charge is 2.29. The van der Waals surface area contributed by atoms with E-state index in [0.717, 1.165) is 18.5 Å². The number of halogens is 2. The lowest BCUT2D eigenvalue weighted by atomic mass is 10.1. The molecule has 6 nitrogen and oxygen atoms in total. The predicted octanol–water partition coefficient (Wildman–Crippen LogP) is 3.55. The van der Waals surface area contributed by atoms with E-state index in [2.05, 4.69) is 21.8 Å². The van der Waals surface area contributed by atoms with Crippen molar-refractivity contribution in [3.05, 3.63) is 81.9 Å². The van der Waals surface area contributed by atoms with Gasteiger partial charge >= 0.3 is 0 Å². The first kappa shape index (κ1) is 20.8. The first-order valence-electron chi connectivity index (χ1n) is 9.28. The van der Waals surface area contributed by atoms with Crippen LogP contribution in [0.3, 0.4) is 0 Å². The number of likely N-dealkylation sites (tertiary alicyclic amines) is 1. The van der Waals surface area contributed by atoms with Gasteiger partial charge in [0.1, 0.15) is 18.2 Å². The Kier molecular flexibility index (Phi) is 6.79. The molecule has 3 rings (SSSR count). The van der Waals surface area contributed by atoms with E-state index >= 15 is 0 Å². The number of nitrogens with two attached hydrogens (primary N) is 1. The zero-order valence-electron chi connectivity index (χ0n) is 16.0. The molecule has 0 spiro atoms. The smallest absolute Gasteiger partial charge is 0.132 e. The number of hydrazine groups is 1. The number of nitroso groups, excluding NO2 is 1. The third-order valence-electron chi connectivity index (χ3n) is 5.05. The summed E-state index contributed by atoms with van der Waals surface area (Å²) in [7, 11) is 0. The number of benzene rings is 2. The van der Waals surface area contributed by atoms with Crippen LogP contribution in [-0.2, 0) is 6.54 Å². The average molecular weight is 399 g/mol. The molecular formula is C21H23F2N5O. The molecule has 1 aliphatic heterocycles. The van der Waals surface area contributed by atoms with E-state index in [9.17, 15) is 13.7 Å². The summed E-state index contributed by atoms with van der Waals surface area (Å²) in [5, 5.41) is 4.42. The molecule has 152 valence electrons. The minimum absolute atomic E-state index is 0.101. The average Bonchev–Trinajstić information content (AvgIpc) is 3.19. The minimum Gasteiger partial charge on any atom is -0.307 e. The Morgan fingerprint density at radius 3 is 2.59 bits per heavy atom. The van der Waals surface area contributed by atoms with Crippen molar-refractivity contribution in [2.45, 2.75) is 19.0 Å². The molecule has 0 aromatic heterocycles. The summed E-state index contributed by atoms with van der Waals surface area (Å²) in [5.74, 6) is 5.59. The fraction of sp³-hybridized carbons (Fsp3) is 0.286. The van der Waals surface area contributed by atoms with Crippen molar-refractivity contribution in [1.29, 1.82) is 0 Å². The van der Waals surface area contributed by atoms with Gasteiger partial charge in [0, 0.05) is 25.2 Å². The van der Waals surface area contributed by atoms with Gasteiger partial charge in [-0.3, -0.25) is 9.89 Å². The molecule has 0 saturated carbocycles. The highest BCUT2D eigenvalue weighted by Crippen LogP contribution is 2.27. The number of hydrogen-bond donors (Lipinski definition) is 1. The van der Waals surface area contributed by atoms with Gasteiger partial charge in [-0.25, -0.2) is 14.6 Å². The van der Waals surface area contributed by atoms with Gasteiger partial charge in [-0.05, 0) is 43.0 Å². The Morgan fingerprint density at radius 1 is 1.21 bits per heavy atom. The summed E-state index contributed by atoms with van der Waals surface area (Å²) < 4.78 is 27.4. The summed E-state index contributed by atoms with van der Waals surface area (Å²) in [4.78, 5) is 17.2. The molecule has 0 aliphatic carbocycles. The molecule has 2 N–H and O–H groups in total. The van der Waals surface area contributed by atoms with Crippen LogP contribution >= 0.6 is 0 Å². The lowest BCUT2D eigenvalue weighted by molar-refractivity contribution is 0.240. The quantitative estimate of drug-likeness (QED) is 0.319. The molecule has 1 saturated heterocycles. The molecule has 2 aromatic carbocycles. The molecule has 1 heterocycles. The molecule has 1 aliphatic rings. The van der Waals surface area contributed by atoms with Gasteiger partial charge in [-0.15, -0.1) is 0 Å². The molecule has 8 heteroatoms. The second-order valence-corrected chi connectivity index (χ2v) is 6.93. The van der Waals surface area contributed by atoms with E-state index in [4.69, 9.17) is 5.84 Å². The molecule has 1 fully saturated rings. The van der Waals surface area contributed by atoms with Gasteiger partial charge in [-0.1, -0.05) is 29.4 Å². The van der Waals surface area contributed by atoms with Crippen LogP contribution in [0.1, 0.15) is 17.5 Å². The third kappa shape index (κ3) is 4.90. The first-order chi connectivity index (χ1) is 14.0. The van der Waals surface area contributed by atoms with Crippen molar-refractivity contribution in [3.8, 4) is 0 Å². The van der Waals surface area contributed by atoms with E-state index in [1.807, 2.05) is 0 Å². The Bertz CT molecular complexity index is 900. The van der Waals surface area contributed by atoms with Crippen LogP contribution in [-0.4, -0.2) is 42.3 Å². The molecule has 0 bridgehead atoms. The normalized spacial score (nSPS) is 17.7. The monoisotopic (exact) mass is 399 g/mol. The van der Waals surface area contributed by atoms with Crippen molar-refractivity contribution in [3.63, 3.8) is 0 Å². The fourth-order valence-corrected chi connectivity index (χ4v) is 3.58. The van der Waals surface area contributed by atoms with Crippen LogP contribution in [0.25, 0.3) is 5.70 Å². The van der Waals surface area contributed by atoms with Crippen molar-refractivity contribution >= 4 is 12.4 Å². The summed E-state index contributed by atoms with van der Waals surface area (Å²) >= 11 is 0. The summed E-state index contributed by atoms with van der Waals surface area (Å²) in [6, 6.07) is 12.4. The number of nitrogens with zero attached hydrogens (tertiary/aromatic N) is 4. The maximum atomic E-state index is 14.3. The topological polar surface area (TPSA) is 74.3 Å². The minimum atomic E-state index is -0.476. The second-order valence-electron chi connectivity index (χ2n) is 6.93. The number of hydrogen-bond acceptors (Lipinski definition) is 6. The summed E-state index contributed by atoms with van der Waals surface area (Å²) in [5.41, 5.74) is 1.76. The van der Waals surface area contributed by atoms with Crippen molar-refractivity contribution in [2.24, 2.45) is 16.0 Å². The van der Waals surface area contributed by atoms with Crippen LogP contribution in [0.2, 0.25) is 0 Å². The molecule has 0 unspecified atom stereocenters. The molecular weight excluding hydrogens is 376 g/mol. The van der Waals surface area contributed by atoms with Gasteiger partial charge in [0.15, 0.2) is 0 Å². The van der Waals surface area contributed by atoms with Crippen molar-refractivity contribution in [1.82, 2.24) is 9.91 Å². The van der Waals surface area contributed by atoms with E-state index in [0.29, 0.717) is 18.8 Å². The lowest BCUT2D eigenvalue weighted by Crippen LogP contribution is -2.43. The van der Waals surface area contributed by atoms with Crippen LogP contribution < -0.4 is 5.84 Å². The molecule has 2 aromatic rings. The number of rotatable bonds is 8. The van der Waals surface area contributed by atoms with Gasteiger partial charge < -0.3 is 5.01 Å². The van der Waals surface area contributed by atoms with E-state index in [1.165, 1.54) is 23.2 Å². The summed E-state index contributed by atoms with van der Waals surface area (Å²) in [6.45, 7) is 5.37. The van der Waals surface area contributed by atoms with Crippen molar-refractivity contribution < 1.29 is 8.78 Å². The standard InChI is InChI=1S/C21H23F2N5O/c1-25-21(18-4-2-3-5-19(18)23)20(12-26-29)28(24)17-10-11-27(14-17)13-15-6-8-16(22)9-7-15/h2-9,17H,1,10-14,24H2/b21-20-/t17-/m1/s1. The van der Waals surface area contributed by atoms with E-state index < -0.39 is 5.82 Å². The highest BCUT2D eigenvalue weighted by molar-refractivity contribution is 5.71. The Hall–Kier alpha value is -2.97. The van der Waals surface area contributed by atoms with Gasteiger partial charge in [0.25, 0.3) is 0 Å². The second kappa shape index (κ2) is 9.49. The zero-order chi connectivity index (χ0) is 20.8. The van der Waals surface area contributed by atoms with Gasteiger partial charge in [-0.2, -0.15) is 4.91 Å². The maximum absolute atomic E-state index is 14.3.